The fourth-order valence-electron chi connectivity index (χ4n) is 3.98. The molecule has 0 aliphatic rings. The third kappa shape index (κ3) is 8.68. The number of amides is 2. The second-order valence-corrected chi connectivity index (χ2v) is 11.7. The summed E-state index contributed by atoms with van der Waals surface area (Å²) < 4.78 is 39.8. The Kier molecular flexibility index (Phi) is 10.7. The van der Waals surface area contributed by atoms with Gasteiger partial charge in [0.25, 0.3) is 0 Å². The van der Waals surface area contributed by atoms with Gasteiger partial charge in [-0.25, -0.2) is 12.8 Å². The molecule has 3 rings (SSSR count). The van der Waals surface area contributed by atoms with Crippen molar-refractivity contribution in [3.8, 4) is 0 Å². The highest BCUT2D eigenvalue weighted by atomic mass is 35.5. The molecule has 2 amide bonds. The summed E-state index contributed by atoms with van der Waals surface area (Å²) >= 11 is 12.3. The molecule has 0 saturated heterocycles. The zero-order valence-corrected chi connectivity index (χ0v) is 23.9. The van der Waals surface area contributed by atoms with E-state index in [0.29, 0.717) is 23.6 Å². The van der Waals surface area contributed by atoms with Gasteiger partial charge in [-0.2, -0.15) is 0 Å². The maximum Gasteiger partial charge on any atom is 0.244 e. The topological polar surface area (TPSA) is 86.8 Å². The van der Waals surface area contributed by atoms with Crippen LogP contribution in [-0.4, -0.2) is 50.5 Å². The van der Waals surface area contributed by atoms with Crippen molar-refractivity contribution in [2.75, 3.05) is 23.7 Å². The van der Waals surface area contributed by atoms with E-state index >= 15 is 0 Å². The highest BCUT2D eigenvalue weighted by Gasteiger charge is 2.33. The quantitative estimate of drug-likeness (QED) is 0.318. The first-order chi connectivity index (χ1) is 18.5. The van der Waals surface area contributed by atoms with E-state index in [9.17, 15) is 22.4 Å². The predicted molar refractivity (Wildman–Crippen MR) is 153 cm³/mol. The number of rotatable bonds is 12. The Balaban J connectivity index is 2.05. The van der Waals surface area contributed by atoms with E-state index in [1.54, 1.807) is 18.2 Å². The van der Waals surface area contributed by atoms with E-state index < -0.39 is 34.3 Å². The Morgan fingerprint density at radius 1 is 0.949 bits per heavy atom. The second-order valence-electron chi connectivity index (χ2n) is 9.01. The van der Waals surface area contributed by atoms with Gasteiger partial charge in [0.1, 0.15) is 18.4 Å². The number of anilines is 1. The number of benzene rings is 3. The number of hydrogen-bond acceptors (Lipinski definition) is 4. The number of sulfonamides is 1. The zero-order chi connectivity index (χ0) is 28.6. The van der Waals surface area contributed by atoms with Crippen LogP contribution in [0.5, 0.6) is 0 Å². The highest BCUT2D eigenvalue weighted by molar-refractivity contribution is 7.92. The fraction of sp³-hybridized carbons (Fsp3) is 0.286. The van der Waals surface area contributed by atoms with Gasteiger partial charge in [0.2, 0.25) is 21.8 Å². The summed E-state index contributed by atoms with van der Waals surface area (Å²) in [6.45, 7) is 1.69. The van der Waals surface area contributed by atoms with E-state index in [2.05, 4.69) is 5.32 Å². The normalized spacial score (nSPS) is 12.0. The van der Waals surface area contributed by atoms with Crippen LogP contribution in [0.1, 0.15) is 24.5 Å². The maximum absolute atomic E-state index is 13.9. The molecule has 0 aromatic heterocycles. The van der Waals surface area contributed by atoms with Crippen molar-refractivity contribution in [3.05, 3.63) is 99.8 Å². The molecule has 0 saturated carbocycles. The lowest BCUT2D eigenvalue weighted by Gasteiger charge is -2.33. The SMILES string of the molecule is CCCNC(=O)C(Cc1ccccc1)N(Cc1ccc(Cl)c(Cl)c1)C(=O)CN(c1ccc(F)cc1)S(C)(=O)=O. The number of carbonyl (C=O) groups excluding carboxylic acids is 2. The van der Waals surface area contributed by atoms with Crippen LogP contribution in [0, 0.1) is 5.82 Å². The summed E-state index contributed by atoms with van der Waals surface area (Å²) in [4.78, 5) is 28.7. The molecule has 0 bridgehead atoms. The van der Waals surface area contributed by atoms with Crippen molar-refractivity contribution in [1.29, 1.82) is 0 Å². The molecular formula is C28H30Cl2FN3O4S. The van der Waals surface area contributed by atoms with Crippen molar-refractivity contribution < 1.29 is 22.4 Å². The van der Waals surface area contributed by atoms with Crippen LogP contribution in [0.4, 0.5) is 10.1 Å². The van der Waals surface area contributed by atoms with Gasteiger partial charge < -0.3 is 10.2 Å². The molecule has 0 aliphatic carbocycles. The molecule has 0 spiro atoms. The highest BCUT2D eigenvalue weighted by Crippen LogP contribution is 2.25. The molecule has 11 heteroatoms. The molecule has 3 aromatic rings. The fourth-order valence-corrected chi connectivity index (χ4v) is 5.15. The molecule has 39 heavy (non-hydrogen) atoms. The van der Waals surface area contributed by atoms with Gasteiger partial charge in [-0.1, -0.05) is 66.5 Å². The maximum atomic E-state index is 13.9. The van der Waals surface area contributed by atoms with Crippen molar-refractivity contribution in [2.24, 2.45) is 0 Å². The summed E-state index contributed by atoms with van der Waals surface area (Å²) in [6.07, 6.45) is 1.85. The number of nitrogens with one attached hydrogen (secondary N) is 1. The van der Waals surface area contributed by atoms with Gasteiger partial charge in [0.05, 0.1) is 22.0 Å². The Morgan fingerprint density at radius 3 is 2.21 bits per heavy atom. The minimum atomic E-state index is -3.94. The lowest BCUT2D eigenvalue weighted by Crippen LogP contribution is -2.53. The molecule has 7 nitrogen and oxygen atoms in total. The first-order valence-corrected chi connectivity index (χ1v) is 14.9. The summed E-state index contributed by atoms with van der Waals surface area (Å²) in [6, 6.07) is 17.9. The molecular weight excluding hydrogens is 564 g/mol. The van der Waals surface area contributed by atoms with Gasteiger partial charge in [-0.3, -0.25) is 13.9 Å². The average Bonchev–Trinajstić information content (AvgIpc) is 2.90. The Labute approximate surface area is 238 Å². The van der Waals surface area contributed by atoms with E-state index in [1.165, 1.54) is 17.0 Å². The smallest absolute Gasteiger partial charge is 0.244 e. The molecule has 0 radical (unpaired) electrons. The number of nitrogens with zero attached hydrogens (tertiary/aromatic N) is 2. The van der Waals surface area contributed by atoms with Crippen molar-refractivity contribution >= 4 is 50.7 Å². The average molecular weight is 595 g/mol. The summed E-state index contributed by atoms with van der Waals surface area (Å²) in [5.41, 5.74) is 1.54. The van der Waals surface area contributed by atoms with Crippen LogP contribution >= 0.6 is 23.2 Å². The minimum Gasteiger partial charge on any atom is -0.354 e. The predicted octanol–water partition coefficient (Wildman–Crippen LogP) is 5.06. The van der Waals surface area contributed by atoms with E-state index in [0.717, 1.165) is 28.3 Å². The Hall–Kier alpha value is -3.14. The van der Waals surface area contributed by atoms with Crippen LogP contribution in [0.2, 0.25) is 10.0 Å². The molecule has 0 heterocycles. The van der Waals surface area contributed by atoms with Gasteiger partial charge in [-0.15, -0.1) is 0 Å². The third-order valence-corrected chi connectivity index (χ3v) is 7.83. The van der Waals surface area contributed by atoms with E-state index in [1.807, 2.05) is 37.3 Å². The number of halogens is 3. The molecule has 1 unspecified atom stereocenters. The van der Waals surface area contributed by atoms with Gasteiger partial charge in [-0.05, 0) is 53.9 Å². The van der Waals surface area contributed by atoms with Crippen LogP contribution in [-0.2, 0) is 32.6 Å². The van der Waals surface area contributed by atoms with Crippen molar-refractivity contribution in [3.63, 3.8) is 0 Å². The van der Waals surface area contributed by atoms with Crippen molar-refractivity contribution in [1.82, 2.24) is 10.2 Å². The van der Waals surface area contributed by atoms with Crippen LogP contribution in [0.25, 0.3) is 0 Å². The molecule has 3 aromatic carbocycles. The summed E-state index contributed by atoms with van der Waals surface area (Å²) in [5.74, 6) is -1.54. The summed E-state index contributed by atoms with van der Waals surface area (Å²) in [5, 5.41) is 3.47. The largest absolute Gasteiger partial charge is 0.354 e. The Bertz CT molecular complexity index is 1390. The first kappa shape index (κ1) is 30.4. The molecule has 0 fully saturated rings. The van der Waals surface area contributed by atoms with Gasteiger partial charge in [0, 0.05) is 19.5 Å². The standard InChI is InChI=1S/C28H30Cl2FN3O4S/c1-3-15-32-28(36)26(17-20-7-5-4-6-8-20)33(18-21-9-14-24(29)25(30)16-21)27(35)19-34(39(2,37)38)23-12-10-22(31)11-13-23/h4-14,16,26H,3,15,17-19H2,1-2H3,(H,32,36). The van der Waals surface area contributed by atoms with Crippen molar-refractivity contribution in [2.45, 2.75) is 32.4 Å². The molecule has 208 valence electrons. The van der Waals surface area contributed by atoms with Gasteiger partial charge >= 0.3 is 0 Å². The van der Waals surface area contributed by atoms with Crippen LogP contribution in [0.3, 0.4) is 0 Å². The lowest BCUT2D eigenvalue weighted by molar-refractivity contribution is -0.140. The number of hydrogen-bond donors (Lipinski definition) is 1. The zero-order valence-electron chi connectivity index (χ0n) is 21.6. The number of carbonyl (C=O) groups is 2. The minimum absolute atomic E-state index is 0.0339. The molecule has 1 N–H and O–H groups in total. The van der Waals surface area contributed by atoms with Crippen LogP contribution < -0.4 is 9.62 Å². The molecule has 1 atom stereocenters. The molecule has 0 aliphatic heterocycles. The first-order valence-electron chi connectivity index (χ1n) is 12.3. The van der Waals surface area contributed by atoms with Gasteiger partial charge in [0.15, 0.2) is 0 Å². The van der Waals surface area contributed by atoms with E-state index in [-0.39, 0.29) is 29.6 Å². The summed E-state index contributed by atoms with van der Waals surface area (Å²) in [7, 11) is -3.94. The monoisotopic (exact) mass is 593 g/mol. The second kappa shape index (κ2) is 13.8. The lowest BCUT2D eigenvalue weighted by atomic mass is 10.0. The van der Waals surface area contributed by atoms with Crippen LogP contribution in [0.15, 0.2) is 72.8 Å². The Morgan fingerprint density at radius 2 is 1.62 bits per heavy atom. The third-order valence-electron chi connectivity index (χ3n) is 5.95. The van der Waals surface area contributed by atoms with E-state index in [4.69, 9.17) is 23.2 Å².